The molecule has 0 spiro atoms. The Labute approximate surface area is 314 Å². The minimum Gasteiger partial charge on any atom is -0.444 e. The summed E-state index contributed by atoms with van der Waals surface area (Å²) in [6, 6.07) is 42.3. The molecule has 1 aliphatic rings. The number of halogens is 2. The largest absolute Gasteiger partial charge is 0.444 e. The highest BCUT2D eigenvalue weighted by Crippen LogP contribution is 2.44. The molecule has 0 radical (unpaired) electrons. The van der Waals surface area contributed by atoms with Crippen LogP contribution in [0.25, 0.3) is 22.0 Å². The van der Waals surface area contributed by atoms with Crippen LogP contribution in [0.3, 0.4) is 0 Å². The summed E-state index contributed by atoms with van der Waals surface area (Å²) in [7, 11) is 0. The summed E-state index contributed by atoms with van der Waals surface area (Å²) in [5, 5.41) is 10.4. The first-order valence-corrected chi connectivity index (χ1v) is 18.2. The maximum absolute atomic E-state index is 14.2. The number of carbonyl (C=O) groups is 2. The predicted molar refractivity (Wildman–Crippen MR) is 209 cm³/mol. The van der Waals surface area contributed by atoms with Crippen molar-refractivity contribution in [3.63, 3.8) is 0 Å². The van der Waals surface area contributed by atoms with Crippen LogP contribution in [-0.2, 0) is 15.1 Å². The van der Waals surface area contributed by atoms with E-state index in [1.54, 1.807) is 17.0 Å². The highest BCUT2D eigenvalue weighted by atomic mass is 35.5. The van der Waals surface area contributed by atoms with Gasteiger partial charge in [0.25, 0.3) is 0 Å². The maximum Gasteiger partial charge on any atom is 0.410 e. The number of carbonyl (C=O) groups excluding carboxylic acids is 2. The van der Waals surface area contributed by atoms with Gasteiger partial charge in [-0.1, -0.05) is 120 Å². The molecule has 1 aromatic heterocycles. The van der Waals surface area contributed by atoms with Gasteiger partial charge >= 0.3 is 6.09 Å². The summed E-state index contributed by atoms with van der Waals surface area (Å²) in [5.74, 6) is -0.258. The Balaban J connectivity index is 1.42. The lowest BCUT2D eigenvalue weighted by molar-refractivity contribution is -0.121. The Morgan fingerprint density at radius 2 is 1.38 bits per heavy atom. The van der Waals surface area contributed by atoms with Crippen LogP contribution in [0, 0.1) is 5.92 Å². The summed E-state index contributed by atoms with van der Waals surface area (Å²) < 4.78 is 7.66. The Kier molecular flexibility index (Phi) is 9.84. The number of rotatable bonds is 7. The van der Waals surface area contributed by atoms with Crippen LogP contribution in [0.2, 0.25) is 10.0 Å². The number of amides is 2. The van der Waals surface area contributed by atoms with E-state index in [4.69, 9.17) is 33.0 Å². The summed E-state index contributed by atoms with van der Waals surface area (Å²) in [6.07, 6.45) is 0.902. The minimum atomic E-state index is -0.932. The van der Waals surface area contributed by atoms with Crippen LogP contribution in [0.1, 0.15) is 50.3 Å². The molecule has 2 heterocycles. The van der Waals surface area contributed by atoms with E-state index in [1.165, 1.54) is 0 Å². The van der Waals surface area contributed by atoms with E-state index in [0.29, 0.717) is 35.2 Å². The number of piperidine rings is 1. The molecule has 0 saturated carbocycles. The standard InChI is InChI=1S/C43H40Cl2N4O3/c1-42(2,3)52-41(51)48-25-13-14-30(28-48)40(50)46-39-36-26-29(35-27-34(44)22-23-37(35)45)21-24-38(36)49(47-39)43(31-15-7-4-8-16-31,32-17-9-5-10-18-32)33-19-11-6-12-20-33/h4-12,15-24,26-27,30H,13-14,25,28H2,1-3H3,(H,46,47,50). The number of aromatic nitrogens is 2. The van der Waals surface area contributed by atoms with Crippen molar-refractivity contribution >= 4 is 51.9 Å². The van der Waals surface area contributed by atoms with E-state index < -0.39 is 23.2 Å². The van der Waals surface area contributed by atoms with Gasteiger partial charge in [0, 0.05) is 34.1 Å². The zero-order valence-corrected chi connectivity index (χ0v) is 30.9. The number of ether oxygens (including phenoxy) is 1. The summed E-state index contributed by atoms with van der Waals surface area (Å²) in [5.41, 5.74) is 3.82. The number of hydrogen-bond donors (Lipinski definition) is 1. The van der Waals surface area contributed by atoms with Gasteiger partial charge in [-0.2, -0.15) is 5.10 Å². The van der Waals surface area contributed by atoms with Crippen molar-refractivity contribution in [3.8, 4) is 11.1 Å². The molecule has 1 atom stereocenters. The smallest absolute Gasteiger partial charge is 0.410 e. The normalized spacial score (nSPS) is 15.0. The zero-order valence-electron chi connectivity index (χ0n) is 29.4. The number of nitrogens with one attached hydrogen (secondary N) is 1. The number of anilines is 1. The van der Waals surface area contributed by atoms with Crippen molar-refractivity contribution in [2.45, 2.75) is 44.8 Å². The third kappa shape index (κ3) is 6.91. The predicted octanol–water partition coefficient (Wildman–Crippen LogP) is 10.4. The van der Waals surface area contributed by atoms with Crippen molar-refractivity contribution in [3.05, 3.63) is 154 Å². The second kappa shape index (κ2) is 14.5. The Morgan fingerprint density at radius 3 is 1.96 bits per heavy atom. The number of hydrogen-bond acceptors (Lipinski definition) is 4. The molecule has 9 heteroatoms. The zero-order chi connectivity index (χ0) is 36.5. The highest BCUT2D eigenvalue weighted by Gasteiger charge is 2.41. The molecule has 7 rings (SSSR count). The van der Waals surface area contributed by atoms with Crippen molar-refractivity contribution in [2.24, 2.45) is 5.92 Å². The van der Waals surface area contributed by atoms with Gasteiger partial charge in [-0.25, -0.2) is 9.48 Å². The fourth-order valence-electron chi connectivity index (χ4n) is 7.16. The van der Waals surface area contributed by atoms with Crippen LogP contribution in [0.15, 0.2) is 127 Å². The second-order valence-corrected chi connectivity index (χ2v) is 15.0. The average molecular weight is 732 g/mol. The molecular weight excluding hydrogens is 691 g/mol. The third-order valence-corrected chi connectivity index (χ3v) is 10.1. The van der Waals surface area contributed by atoms with Gasteiger partial charge in [-0.05, 0) is 86.2 Å². The summed E-state index contributed by atoms with van der Waals surface area (Å²) >= 11 is 13.2. The number of benzene rings is 5. The lowest BCUT2D eigenvalue weighted by atomic mass is 9.77. The molecular formula is C43H40Cl2N4O3. The molecule has 1 saturated heterocycles. The van der Waals surface area contributed by atoms with Crippen LogP contribution < -0.4 is 5.32 Å². The Morgan fingerprint density at radius 1 is 0.788 bits per heavy atom. The molecule has 2 amide bonds. The van der Waals surface area contributed by atoms with E-state index in [2.05, 4.69) is 41.7 Å². The average Bonchev–Trinajstić information content (AvgIpc) is 3.51. The van der Waals surface area contributed by atoms with E-state index in [0.717, 1.165) is 38.7 Å². The van der Waals surface area contributed by atoms with E-state index in [-0.39, 0.29) is 12.5 Å². The molecule has 1 N–H and O–H groups in total. The number of nitrogens with zero attached hydrogens (tertiary/aromatic N) is 3. The molecule has 1 unspecified atom stereocenters. The second-order valence-electron chi connectivity index (χ2n) is 14.2. The Bertz CT molecular complexity index is 2120. The van der Waals surface area contributed by atoms with Crippen molar-refractivity contribution in [1.29, 1.82) is 0 Å². The molecule has 264 valence electrons. The molecule has 1 fully saturated rings. The van der Waals surface area contributed by atoms with Gasteiger partial charge in [-0.3, -0.25) is 4.79 Å². The van der Waals surface area contributed by atoms with Crippen LogP contribution in [0.4, 0.5) is 10.6 Å². The van der Waals surface area contributed by atoms with E-state index in [1.807, 2.05) is 104 Å². The first-order chi connectivity index (χ1) is 25.0. The molecule has 0 bridgehead atoms. The SMILES string of the molecule is CC(C)(C)OC(=O)N1CCCC(C(=O)Nc2nn(C(c3ccccc3)(c3ccccc3)c3ccccc3)c3ccc(-c4cc(Cl)ccc4Cl)cc23)C1. The van der Waals surface area contributed by atoms with Crippen molar-refractivity contribution in [1.82, 2.24) is 14.7 Å². The fourth-order valence-corrected chi connectivity index (χ4v) is 7.56. The molecule has 7 nitrogen and oxygen atoms in total. The molecule has 6 aromatic rings. The van der Waals surface area contributed by atoms with Crippen molar-refractivity contribution < 1.29 is 14.3 Å². The molecule has 52 heavy (non-hydrogen) atoms. The Hall–Kier alpha value is -5.11. The van der Waals surface area contributed by atoms with Gasteiger partial charge in [0.2, 0.25) is 5.91 Å². The highest BCUT2D eigenvalue weighted by molar-refractivity contribution is 6.35. The topological polar surface area (TPSA) is 76.5 Å². The number of fused-ring (bicyclic) bond motifs is 1. The quantitative estimate of drug-likeness (QED) is 0.166. The molecule has 5 aromatic carbocycles. The summed E-state index contributed by atoms with van der Waals surface area (Å²) in [4.78, 5) is 28.8. The molecule has 1 aliphatic heterocycles. The van der Waals surface area contributed by atoms with Gasteiger partial charge in [0.15, 0.2) is 5.82 Å². The van der Waals surface area contributed by atoms with E-state index in [9.17, 15) is 9.59 Å². The number of likely N-dealkylation sites (tertiary alicyclic amines) is 1. The molecule has 0 aliphatic carbocycles. The van der Waals surface area contributed by atoms with Gasteiger partial charge < -0.3 is 15.0 Å². The van der Waals surface area contributed by atoms with Crippen molar-refractivity contribution in [2.75, 3.05) is 18.4 Å². The van der Waals surface area contributed by atoms with E-state index >= 15 is 0 Å². The van der Waals surface area contributed by atoms with Gasteiger partial charge in [0.1, 0.15) is 11.1 Å². The monoisotopic (exact) mass is 730 g/mol. The first kappa shape index (κ1) is 35.3. The lowest BCUT2D eigenvalue weighted by Gasteiger charge is -2.37. The maximum atomic E-state index is 14.2. The van der Waals surface area contributed by atoms with Gasteiger partial charge in [0.05, 0.1) is 11.4 Å². The van der Waals surface area contributed by atoms with Crippen LogP contribution in [0.5, 0.6) is 0 Å². The minimum absolute atomic E-state index is 0.212. The summed E-state index contributed by atoms with van der Waals surface area (Å²) in [6.45, 7) is 6.31. The fraction of sp³-hybridized carbons (Fsp3) is 0.233. The van der Waals surface area contributed by atoms with Gasteiger partial charge in [-0.15, -0.1) is 0 Å². The van der Waals surface area contributed by atoms with Crippen LogP contribution >= 0.6 is 23.2 Å². The third-order valence-electron chi connectivity index (χ3n) is 9.50. The first-order valence-electron chi connectivity index (χ1n) is 17.5. The van der Waals surface area contributed by atoms with Crippen LogP contribution in [-0.4, -0.2) is 45.4 Å². The lowest BCUT2D eigenvalue weighted by Crippen LogP contribution is -2.45.